The van der Waals surface area contributed by atoms with Crippen molar-refractivity contribution in [2.45, 2.75) is 33.0 Å². The second-order valence-electron chi connectivity index (χ2n) is 3.28. The molecule has 0 rings (SSSR count). The van der Waals surface area contributed by atoms with Gasteiger partial charge < -0.3 is 0 Å². The van der Waals surface area contributed by atoms with Crippen LogP contribution in [0.15, 0.2) is 0 Å². The monoisotopic (exact) mass is 166 g/mol. The van der Waals surface area contributed by atoms with E-state index in [0.717, 1.165) is 0 Å². The molecule has 0 aliphatic rings. The summed E-state index contributed by atoms with van der Waals surface area (Å²) in [5.41, 5.74) is -0.266. The summed E-state index contributed by atoms with van der Waals surface area (Å²) in [7, 11) is 0. The van der Waals surface area contributed by atoms with Crippen molar-refractivity contribution in [2.75, 3.05) is 0 Å². The highest BCUT2D eigenvalue weighted by Gasteiger charge is 2.33. The van der Waals surface area contributed by atoms with Crippen molar-refractivity contribution in [1.29, 1.82) is 0 Å². The third-order valence-electron chi connectivity index (χ3n) is 2.05. The van der Waals surface area contributed by atoms with Gasteiger partial charge in [0.25, 0.3) is 0 Å². The van der Waals surface area contributed by atoms with Crippen LogP contribution in [0.3, 0.4) is 0 Å². The predicted molar refractivity (Wildman–Crippen MR) is 46.3 cm³/mol. The van der Waals surface area contributed by atoms with E-state index in [1.54, 1.807) is 0 Å². The van der Waals surface area contributed by atoms with Crippen LogP contribution in [0.25, 0.3) is 0 Å². The lowest BCUT2D eigenvalue weighted by Crippen LogP contribution is -2.22. The van der Waals surface area contributed by atoms with Gasteiger partial charge in [0.2, 0.25) is 0 Å². The second-order valence-corrected chi connectivity index (χ2v) is 4.37. The number of hydrogen-bond acceptors (Lipinski definition) is 0. The molecule has 0 fully saturated rings. The highest BCUT2D eigenvalue weighted by atomic mass is 35.5. The Balaban J connectivity index is 4.01. The molecule has 0 heterocycles. The topological polar surface area (TPSA) is 0 Å². The molecule has 0 aromatic rings. The summed E-state index contributed by atoms with van der Waals surface area (Å²) in [5.74, 6) is 0.525. The van der Waals surface area contributed by atoms with E-state index in [2.05, 4.69) is 27.7 Å². The fourth-order valence-corrected chi connectivity index (χ4v) is 0.756. The Labute approximate surface area is 67.8 Å². The third kappa shape index (κ3) is 2.39. The van der Waals surface area contributed by atoms with Crippen LogP contribution in [0, 0.1) is 5.92 Å². The van der Waals surface area contributed by atoms with E-state index < -0.39 is 0 Å². The van der Waals surface area contributed by atoms with E-state index in [1.165, 1.54) is 0 Å². The van der Waals surface area contributed by atoms with Crippen LogP contribution >= 0.6 is 22.9 Å². The minimum absolute atomic E-state index is 0.0309. The maximum absolute atomic E-state index is 5.73. The van der Waals surface area contributed by atoms with Crippen LogP contribution in [-0.4, -0.2) is 5.54 Å². The molecule has 0 aliphatic heterocycles. The molecule has 0 amide bonds. The SMILES string of the molecule is CC(C)C(C)(C)B(Cl)Cl. The molecule has 0 unspecified atom stereocenters. The number of rotatable bonds is 2. The molecular formula is C6H13BCl2. The standard InChI is InChI=1S/C6H13BCl2/c1-5(2)6(3,4)7(8)9/h5H,1-4H3. The average molecular weight is 167 g/mol. The molecule has 0 spiro atoms. The lowest BCUT2D eigenvalue weighted by molar-refractivity contribution is 0.476. The van der Waals surface area contributed by atoms with Gasteiger partial charge in [-0.15, -0.1) is 0 Å². The molecule has 3 heteroatoms. The van der Waals surface area contributed by atoms with E-state index in [0.29, 0.717) is 5.92 Å². The van der Waals surface area contributed by atoms with Crippen LogP contribution in [0.2, 0.25) is 5.31 Å². The van der Waals surface area contributed by atoms with Gasteiger partial charge in [-0.25, -0.2) is 0 Å². The Hall–Kier alpha value is 0.645. The normalized spacial score (nSPS) is 12.3. The van der Waals surface area contributed by atoms with E-state index in [-0.39, 0.29) is 10.9 Å². The first-order chi connectivity index (χ1) is 3.89. The molecule has 0 aliphatic carbocycles. The highest BCUT2D eigenvalue weighted by molar-refractivity contribution is 7.35. The lowest BCUT2D eigenvalue weighted by atomic mass is 9.63. The quantitative estimate of drug-likeness (QED) is 0.552. The van der Waals surface area contributed by atoms with Gasteiger partial charge in [-0.1, -0.05) is 27.7 Å². The minimum Gasteiger partial charge on any atom is -0.171 e. The summed E-state index contributed by atoms with van der Waals surface area (Å²) >= 11 is 11.5. The fourth-order valence-electron chi connectivity index (χ4n) is 0.252. The molecule has 0 saturated heterocycles. The van der Waals surface area contributed by atoms with Crippen molar-refractivity contribution in [1.82, 2.24) is 0 Å². The molecule has 54 valence electrons. The molecule has 0 N–H and O–H groups in total. The van der Waals surface area contributed by atoms with E-state index in [4.69, 9.17) is 22.9 Å². The maximum Gasteiger partial charge on any atom is 0.357 e. The number of hydrogen-bond donors (Lipinski definition) is 0. The Morgan fingerprint density at radius 3 is 1.56 bits per heavy atom. The van der Waals surface area contributed by atoms with Crippen molar-refractivity contribution in [3.63, 3.8) is 0 Å². The highest BCUT2D eigenvalue weighted by Crippen LogP contribution is 2.40. The van der Waals surface area contributed by atoms with E-state index in [1.807, 2.05) is 0 Å². The van der Waals surface area contributed by atoms with Gasteiger partial charge in [0.15, 0.2) is 0 Å². The second kappa shape index (κ2) is 3.16. The first-order valence-corrected chi connectivity index (χ1v) is 4.04. The van der Waals surface area contributed by atoms with E-state index >= 15 is 0 Å². The first-order valence-electron chi connectivity index (χ1n) is 3.17. The van der Waals surface area contributed by atoms with Gasteiger partial charge in [0.05, 0.1) is 0 Å². The summed E-state index contributed by atoms with van der Waals surface area (Å²) < 4.78 is 0. The Bertz CT molecular complexity index is 79.1. The van der Waals surface area contributed by atoms with E-state index in [9.17, 15) is 0 Å². The largest absolute Gasteiger partial charge is 0.357 e. The Kier molecular flexibility index (Phi) is 3.39. The molecule has 0 bridgehead atoms. The molecule has 0 radical (unpaired) electrons. The Morgan fingerprint density at radius 1 is 1.22 bits per heavy atom. The smallest absolute Gasteiger partial charge is 0.171 e. The van der Waals surface area contributed by atoms with Crippen molar-refractivity contribution in [3.8, 4) is 0 Å². The van der Waals surface area contributed by atoms with Crippen LogP contribution in [0.5, 0.6) is 0 Å². The van der Waals surface area contributed by atoms with Crippen LogP contribution in [0.4, 0.5) is 0 Å². The summed E-state index contributed by atoms with van der Waals surface area (Å²) in [6, 6.07) is 0. The van der Waals surface area contributed by atoms with Crippen LogP contribution in [0.1, 0.15) is 27.7 Å². The van der Waals surface area contributed by atoms with Crippen LogP contribution < -0.4 is 0 Å². The fraction of sp³-hybridized carbons (Fsp3) is 1.00. The van der Waals surface area contributed by atoms with Gasteiger partial charge in [-0.05, 0) is 11.2 Å². The van der Waals surface area contributed by atoms with Crippen molar-refractivity contribution >= 4 is 28.5 Å². The molecule has 0 saturated carbocycles. The van der Waals surface area contributed by atoms with Gasteiger partial charge in [0, 0.05) is 0 Å². The lowest BCUT2D eigenvalue weighted by Gasteiger charge is -2.27. The van der Waals surface area contributed by atoms with Crippen LogP contribution in [-0.2, 0) is 0 Å². The molecular weight excluding hydrogens is 154 g/mol. The summed E-state index contributed by atoms with van der Waals surface area (Å²) in [4.78, 5) is 0. The molecule has 9 heavy (non-hydrogen) atoms. The summed E-state index contributed by atoms with van der Waals surface area (Å²) in [5, 5.41) is 0.0309. The van der Waals surface area contributed by atoms with Gasteiger partial charge in [0.1, 0.15) is 0 Å². The average Bonchev–Trinajstić information content (AvgIpc) is 1.65. The predicted octanol–water partition coefficient (Wildman–Crippen LogP) is 3.39. The van der Waals surface area contributed by atoms with Crippen molar-refractivity contribution < 1.29 is 0 Å². The summed E-state index contributed by atoms with van der Waals surface area (Å²) in [6.07, 6.45) is 0. The zero-order valence-corrected chi connectivity index (χ0v) is 7.92. The van der Waals surface area contributed by atoms with Gasteiger partial charge in [-0.2, -0.15) is 22.9 Å². The third-order valence-corrected chi connectivity index (χ3v) is 3.18. The molecule has 0 aromatic heterocycles. The van der Waals surface area contributed by atoms with Crippen molar-refractivity contribution in [2.24, 2.45) is 5.92 Å². The zero-order valence-electron chi connectivity index (χ0n) is 6.41. The first kappa shape index (κ1) is 9.64. The van der Waals surface area contributed by atoms with Gasteiger partial charge >= 0.3 is 5.54 Å². The molecule has 0 atom stereocenters. The summed E-state index contributed by atoms with van der Waals surface area (Å²) in [6.45, 7) is 8.39. The molecule has 0 aromatic carbocycles. The molecule has 0 nitrogen and oxygen atoms in total. The van der Waals surface area contributed by atoms with Gasteiger partial charge in [-0.3, -0.25) is 0 Å². The minimum atomic E-state index is -0.266. The maximum atomic E-state index is 5.73. The van der Waals surface area contributed by atoms with Crippen molar-refractivity contribution in [3.05, 3.63) is 0 Å². The number of halogens is 2. The Morgan fingerprint density at radius 2 is 1.56 bits per heavy atom. The zero-order chi connectivity index (χ0) is 7.65.